The van der Waals surface area contributed by atoms with E-state index in [2.05, 4.69) is 5.32 Å². The highest BCUT2D eigenvalue weighted by Crippen LogP contribution is 2.32. The predicted octanol–water partition coefficient (Wildman–Crippen LogP) is 3.08. The molecule has 0 aliphatic carbocycles. The van der Waals surface area contributed by atoms with Crippen molar-refractivity contribution in [3.8, 4) is 0 Å². The molecule has 6 nitrogen and oxygen atoms in total. The molecule has 1 amide bonds. The van der Waals surface area contributed by atoms with Crippen LogP contribution in [0.25, 0.3) is 0 Å². The molecule has 0 saturated carbocycles. The van der Waals surface area contributed by atoms with Crippen LogP contribution in [0.15, 0.2) is 42.5 Å². The number of benzene rings is 2. The monoisotopic (exact) mass is 291 g/mol. The lowest BCUT2D eigenvalue weighted by atomic mass is 10.2. The molecule has 2 aromatic carbocycles. The van der Waals surface area contributed by atoms with E-state index >= 15 is 0 Å². The summed E-state index contributed by atoms with van der Waals surface area (Å²) >= 11 is 5.92. The molecule has 0 unspecified atom stereocenters. The second kappa shape index (κ2) is 5.58. The van der Waals surface area contributed by atoms with Gasteiger partial charge >= 0.3 is 0 Å². The minimum absolute atomic E-state index is 0.0577. The molecule has 0 atom stereocenters. The van der Waals surface area contributed by atoms with Crippen LogP contribution in [0, 0.1) is 10.1 Å². The SMILES string of the molecule is Nc1cc(Cl)c(NC(=O)c2ccccc2)cc1[N+](=O)[O-]. The number of rotatable bonds is 3. The van der Waals surface area contributed by atoms with Crippen molar-refractivity contribution >= 4 is 34.6 Å². The quantitative estimate of drug-likeness (QED) is 0.516. The molecule has 2 rings (SSSR count). The van der Waals surface area contributed by atoms with E-state index in [0.717, 1.165) is 6.07 Å². The van der Waals surface area contributed by atoms with E-state index in [0.29, 0.717) is 5.56 Å². The molecule has 0 fully saturated rings. The third-order valence-electron chi connectivity index (χ3n) is 2.60. The molecule has 20 heavy (non-hydrogen) atoms. The van der Waals surface area contributed by atoms with Crippen LogP contribution in [0.1, 0.15) is 10.4 Å². The first-order valence-corrected chi connectivity index (χ1v) is 5.96. The van der Waals surface area contributed by atoms with E-state index in [1.54, 1.807) is 30.3 Å². The molecule has 3 N–H and O–H groups in total. The maximum absolute atomic E-state index is 12.0. The highest BCUT2D eigenvalue weighted by Gasteiger charge is 2.17. The van der Waals surface area contributed by atoms with E-state index in [4.69, 9.17) is 17.3 Å². The van der Waals surface area contributed by atoms with Gasteiger partial charge in [-0.1, -0.05) is 29.8 Å². The molecule has 7 heteroatoms. The zero-order chi connectivity index (χ0) is 14.7. The Hall–Kier alpha value is -2.60. The van der Waals surface area contributed by atoms with Crippen molar-refractivity contribution in [2.24, 2.45) is 0 Å². The Labute approximate surface area is 119 Å². The van der Waals surface area contributed by atoms with Crippen molar-refractivity contribution in [2.45, 2.75) is 0 Å². The van der Waals surface area contributed by atoms with E-state index in [1.807, 2.05) is 0 Å². The van der Waals surface area contributed by atoms with Gasteiger partial charge in [-0.25, -0.2) is 0 Å². The van der Waals surface area contributed by atoms with Gasteiger partial charge in [0.2, 0.25) is 0 Å². The highest BCUT2D eigenvalue weighted by molar-refractivity contribution is 6.34. The number of nitrogen functional groups attached to an aromatic ring is 1. The van der Waals surface area contributed by atoms with Crippen LogP contribution < -0.4 is 11.1 Å². The molecule has 0 saturated heterocycles. The third kappa shape index (κ3) is 2.86. The van der Waals surface area contributed by atoms with Gasteiger partial charge in [-0.3, -0.25) is 14.9 Å². The first-order chi connectivity index (χ1) is 9.49. The molecule has 0 spiro atoms. The van der Waals surface area contributed by atoms with E-state index < -0.39 is 10.8 Å². The molecule has 0 aliphatic rings. The fourth-order valence-corrected chi connectivity index (χ4v) is 1.83. The van der Waals surface area contributed by atoms with Gasteiger partial charge in [0.1, 0.15) is 5.69 Å². The second-order valence-corrected chi connectivity index (χ2v) is 4.38. The Morgan fingerprint density at radius 1 is 1.25 bits per heavy atom. The number of anilines is 2. The number of carbonyl (C=O) groups excluding carboxylic acids is 1. The van der Waals surface area contributed by atoms with Gasteiger partial charge < -0.3 is 11.1 Å². The highest BCUT2D eigenvalue weighted by atomic mass is 35.5. The van der Waals surface area contributed by atoms with Crippen LogP contribution in [-0.4, -0.2) is 10.8 Å². The number of carbonyl (C=O) groups is 1. The second-order valence-electron chi connectivity index (χ2n) is 3.97. The number of amides is 1. The first-order valence-electron chi connectivity index (χ1n) is 5.59. The largest absolute Gasteiger partial charge is 0.393 e. The lowest BCUT2D eigenvalue weighted by Gasteiger charge is -2.08. The fraction of sp³-hybridized carbons (Fsp3) is 0. The van der Waals surface area contributed by atoms with E-state index in [-0.39, 0.29) is 22.1 Å². The summed E-state index contributed by atoms with van der Waals surface area (Å²) < 4.78 is 0. The van der Waals surface area contributed by atoms with Crippen molar-refractivity contribution in [1.29, 1.82) is 0 Å². The lowest BCUT2D eigenvalue weighted by molar-refractivity contribution is -0.383. The molecule has 0 aliphatic heterocycles. The standard InChI is InChI=1S/C13H10ClN3O3/c14-9-6-10(15)12(17(19)20)7-11(9)16-13(18)8-4-2-1-3-5-8/h1-7H,15H2,(H,16,18). The summed E-state index contributed by atoms with van der Waals surface area (Å²) in [6.07, 6.45) is 0. The number of nitro groups is 1. The molecule has 2 aromatic rings. The molecule has 0 aromatic heterocycles. The summed E-state index contributed by atoms with van der Waals surface area (Å²) in [4.78, 5) is 22.1. The lowest BCUT2D eigenvalue weighted by Crippen LogP contribution is -2.12. The van der Waals surface area contributed by atoms with Crippen LogP contribution in [-0.2, 0) is 0 Å². The van der Waals surface area contributed by atoms with Gasteiger partial charge in [0.25, 0.3) is 11.6 Å². The minimum Gasteiger partial charge on any atom is -0.393 e. The Morgan fingerprint density at radius 2 is 1.90 bits per heavy atom. The molecule has 0 radical (unpaired) electrons. The van der Waals surface area contributed by atoms with Gasteiger partial charge in [-0.15, -0.1) is 0 Å². The summed E-state index contributed by atoms with van der Waals surface area (Å²) in [5.74, 6) is -0.411. The zero-order valence-electron chi connectivity index (χ0n) is 10.2. The minimum atomic E-state index is -0.635. The summed E-state index contributed by atoms with van der Waals surface area (Å²) in [6.45, 7) is 0. The van der Waals surface area contributed by atoms with Crippen molar-refractivity contribution in [1.82, 2.24) is 0 Å². The van der Waals surface area contributed by atoms with Gasteiger partial charge in [-0.05, 0) is 18.2 Å². The van der Waals surface area contributed by atoms with E-state index in [9.17, 15) is 14.9 Å². The summed E-state index contributed by atoms with van der Waals surface area (Å²) in [5, 5.41) is 13.5. The number of nitrogens with two attached hydrogens (primary N) is 1. The maximum Gasteiger partial charge on any atom is 0.294 e. The van der Waals surface area contributed by atoms with Crippen molar-refractivity contribution in [3.63, 3.8) is 0 Å². The molecule has 102 valence electrons. The van der Waals surface area contributed by atoms with Crippen molar-refractivity contribution < 1.29 is 9.72 Å². The normalized spacial score (nSPS) is 10.1. The molecule has 0 bridgehead atoms. The third-order valence-corrected chi connectivity index (χ3v) is 2.91. The van der Waals surface area contributed by atoms with Crippen molar-refractivity contribution in [3.05, 3.63) is 63.2 Å². The molecular weight excluding hydrogens is 282 g/mol. The zero-order valence-corrected chi connectivity index (χ0v) is 10.9. The maximum atomic E-state index is 12.0. The fourth-order valence-electron chi connectivity index (χ4n) is 1.62. The Balaban J connectivity index is 2.32. The number of hydrogen-bond donors (Lipinski definition) is 2. The Morgan fingerprint density at radius 3 is 2.50 bits per heavy atom. The summed E-state index contributed by atoms with van der Waals surface area (Å²) in [7, 11) is 0. The number of nitrogens with zero attached hydrogens (tertiary/aromatic N) is 1. The van der Waals surface area contributed by atoms with Crippen LogP contribution in [0.5, 0.6) is 0 Å². The molecule has 0 heterocycles. The Bertz CT molecular complexity index is 674. The van der Waals surface area contributed by atoms with Gasteiger partial charge in [0.05, 0.1) is 15.6 Å². The van der Waals surface area contributed by atoms with Crippen LogP contribution >= 0.6 is 11.6 Å². The summed E-state index contributed by atoms with van der Waals surface area (Å²) in [6, 6.07) is 10.8. The average molecular weight is 292 g/mol. The van der Waals surface area contributed by atoms with E-state index in [1.165, 1.54) is 6.07 Å². The number of nitro benzene ring substituents is 1. The average Bonchev–Trinajstić information content (AvgIpc) is 2.42. The van der Waals surface area contributed by atoms with Crippen LogP contribution in [0.4, 0.5) is 17.1 Å². The van der Waals surface area contributed by atoms with Gasteiger partial charge in [0, 0.05) is 11.6 Å². The first kappa shape index (κ1) is 13.8. The molecular formula is C13H10ClN3O3. The topological polar surface area (TPSA) is 98.3 Å². The Kier molecular flexibility index (Phi) is 3.86. The predicted molar refractivity (Wildman–Crippen MR) is 76.9 cm³/mol. The van der Waals surface area contributed by atoms with Crippen LogP contribution in [0.2, 0.25) is 5.02 Å². The van der Waals surface area contributed by atoms with Crippen molar-refractivity contribution in [2.75, 3.05) is 11.1 Å². The number of halogens is 1. The van der Waals surface area contributed by atoms with Crippen LogP contribution in [0.3, 0.4) is 0 Å². The number of nitrogens with one attached hydrogen (secondary N) is 1. The van der Waals surface area contributed by atoms with Gasteiger partial charge in [0.15, 0.2) is 0 Å². The smallest absolute Gasteiger partial charge is 0.294 e. The summed E-state index contributed by atoms with van der Waals surface area (Å²) in [5.41, 5.74) is 5.69. The van der Waals surface area contributed by atoms with Gasteiger partial charge in [-0.2, -0.15) is 0 Å². The number of hydrogen-bond acceptors (Lipinski definition) is 4.